The van der Waals surface area contributed by atoms with Crippen LogP contribution in [0.3, 0.4) is 0 Å². The fraction of sp³-hybridized carbons (Fsp3) is 0.333. The van der Waals surface area contributed by atoms with Gasteiger partial charge in [0, 0.05) is 30.0 Å². The van der Waals surface area contributed by atoms with Gasteiger partial charge in [0.25, 0.3) is 0 Å². The first-order chi connectivity index (χ1) is 12.4. The summed E-state index contributed by atoms with van der Waals surface area (Å²) >= 11 is 0. The Labute approximate surface area is 154 Å². The maximum atomic E-state index is 12.5. The van der Waals surface area contributed by atoms with Gasteiger partial charge in [-0.05, 0) is 68.7 Å². The number of anilines is 3. The van der Waals surface area contributed by atoms with Crippen molar-refractivity contribution in [3.63, 3.8) is 0 Å². The van der Waals surface area contributed by atoms with E-state index < -0.39 is 0 Å². The van der Waals surface area contributed by atoms with Gasteiger partial charge in [0.1, 0.15) is 6.04 Å². The van der Waals surface area contributed by atoms with Crippen molar-refractivity contribution < 1.29 is 9.59 Å². The predicted octanol–water partition coefficient (Wildman–Crippen LogP) is 3.87. The lowest BCUT2D eigenvalue weighted by molar-refractivity contribution is -0.117. The molecule has 0 bridgehead atoms. The zero-order valence-electron chi connectivity index (χ0n) is 15.5. The molecule has 2 aromatic rings. The van der Waals surface area contributed by atoms with Crippen molar-refractivity contribution in [1.82, 2.24) is 0 Å². The molecule has 1 saturated heterocycles. The number of rotatable bonds is 5. The molecule has 1 atom stereocenters. The number of nitrogens with zero attached hydrogens (tertiary/aromatic N) is 1. The molecule has 2 N–H and O–H groups in total. The molecule has 0 aliphatic carbocycles. The summed E-state index contributed by atoms with van der Waals surface area (Å²) in [5.74, 6) is 0.0875. The van der Waals surface area contributed by atoms with Crippen LogP contribution in [0.15, 0.2) is 42.5 Å². The van der Waals surface area contributed by atoms with Gasteiger partial charge in [-0.1, -0.05) is 12.1 Å². The monoisotopic (exact) mass is 351 g/mol. The summed E-state index contributed by atoms with van der Waals surface area (Å²) in [7, 11) is 0. The number of carbonyl (C=O) groups excluding carboxylic acids is 2. The molecule has 1 aliphatic rings. The molecule has 1 unspecified atom stereocenters. The first-order valence-electron chi connectivity index (χ1n) is 8.99. The highest BCUT2D eigenvalue weighted by atomic mass is 16.2. The first kappa shape index (κ1) is 18.0. The third-order valence-corrected chi connectivity index (χ3v) is 4.68. The Morgan fingerprint density at radius 1 is 1.12 bits per heavy atom. The van der Waals surface area contributed by atoms with Crippen molar-refractivity contribution in [1.29, 1.82) is 0 Å². The van der Waals surface area contributed by atoms with Crippen LogP contribution < -0.4 is 15.5 Å². The molecule has 0 saturated carbocycles. The van der Waals surface area contributed by atoms with Crippen molar-refractivity contribution in [2.75, 3.05) is 22.1 Å². The fourth-order valence-electron chi connectivity index (χ4n) is 3.09. The summed E-state index contributed by atoms with van der Waals surface area (Å²) in [6.07, 6.45) is 1.53. The molecule has 2 aromatic carbocycles. The maximum absolute atomic E-state index is 12.5. The molecule has 1 heterocycles. The highest BCUT2D eigenvalue weighted by Crippen LogP contribution is 2.23. The van der Waals surface area contributed by atoms with Gasteiger partial charge in [0.2, 0.25) is 11.8 Å². The van der Waals surface area contributed by atoms with Crippen LogP contribution in [0.1, 0.15) is 30.9 Å². The Morgan fingerprint density at radius 3 is 2.50 bits per heavy atom. The van der Waals surface area contributed by atoms with E-state index in [2.05, 4.69) is 10.6 Å². The lowest BCUT2D eigenvalue weighted by atomic mass is 10.1. The quantitative estimate of drug-likeness (QED) is 0.860. The van der Waals surface area contributed by atoms with Crippen LogP contribution in [-0.2, 0) is 9.59 Å². The Hall–Kier alpha value is -2.82. The number of nitrogens with one attached hydrogen (secondary N) is 2. The third kappa shape index (κ3) is 4.04. The van der Waals surface area contributed by atoms with Crippen molar-refractivity contribution >= 4 is 28.9 Å². The summed E-state index contributed by atoms with van der Waals surface area (Å²) in [5.41, 5.74) is 4.75. The van der Waals surface area contributed by atoms with Gasteiger partial charge in [-0.2, -0.15) is 0 Å². The van der Waals surface area contributed by atoms with Gasteiger partial charge in [-0.3, -0.25) is 9.59 Å². The van der Waals surface area contributed by atoms with E-state index in [1.54, 1.807) is 4.90 Å². The van der Waals surface area contributed by atoms with Crippen LogP contribution >= 0.6 is 0 Å². The van der Waals surface area contributed by atoms with E-state index in [-0.39, 0.29) is 17.9 Å². The second-order valence-electron chi connectivity index (χ2n) is 6.87. The highest BCUT2D eigenvalue weighted by Gasteiger charge is 2.21. The minimum Gasteiger partial charge on any atom is -0.374 e. The average Bonchev–Trinajstić information content (AvgIpc) is 3.04. The van der Waals surface area contributed by atoms with Crippen LogP contribution in [0.25, 0.3) is 0 Å². The van der Waals surface area contributed by atoms with Crippen molar-refractivity contribution in [2.45, 2.75) is 39.7 Å². The molecule has 1 aliphatic heterocycles. The summed E-state index contributed by atoms with van der Waals surface area (Å²) in [6.45, 7) is 6.59. The number of amides is 2. The van der Waals surface area contributed by atoms with E-state index in [1.807, 2.05) is 63.2 Å². The molecule has 2 amide bonds. The summed E-state index contributed by atoms with van der Waals surface area (Å²) < 4.78 is 0. The lowest BCUT2D eigenvalue weighted by Gasteiger charge is -2.19. The van der Waals surface area contributed by atoms with Gasteiger partial charge in [-0.25, -0.2) is 0 Å². The molecule has 1 fully saturated rings. The number of hydrogen-bond donors (Lipinski definition) is 2. The molecule has 3 rings (SSSR count). The van der Waals surface area contributed by atoms with E-state index in [4.69, 9.17) is 0 Å². The molecule has 26 heavy (non-hydrogen) atoms. The number of benzene rings is 2. The maximum Gasteiger partial charge on any atom is 0.246 e. The van der Waals surface area contributed by atoms with Crippen molar-refractivity contribution in [3.05, 3.63) is 53.6 Å². The van der Waals surface area contributed by atoms with Crippen LogP contribution in [-0.4, -0.2) is 24.4 Å². The third-order valence-electron chi connectivity index (χ3n) is 4.68. The van der Waals surface area contributed by atoms with E-state index in [0.29, 0.717) is 6.42 Å². The lowest BCUT2D eigenvalue weighted by Crippen LogP contribution is -2.32. The molecule has 136 valence electrons. The van der Waals surface area contributed by atoms with Crippen molar-refractivity contribution in [2.24, 2.45) is 0 Å². The van der Waals surface area contributed by atoms with Gasteiger partial charge in [0.15, 0.2) is 0 Å². The second-order valence-corrected chi connectivity index (χ2v) is 6.87. The Balaban J connectivity index is 1.62. The topological polar surface area (TPSA) is 61.4 Å². The molecule has 0 aromatic heterocycles. The predicted molar refractivity (Wildman–Crippen MR) is 106 cm³/mol. The summed E-state index contributed by atoms with van der Waals surface area (Å²) in [5, 5.41) is 6.19. The molecule has 0 spiro atoms. The Morgan fingerprint density at radius 2 is 1.85 bits per heavy atom. The van der Waals surface area contributed by atoms with Crippen LogP contribution in [0.5, 0.6) is 0 Å². The normalized spacial score (nSPS) is 15.0. The van der Waals surface area contributed by atoms with Crippen LogP contribution in [0, 0.1) is 13.8 Å². The number of hydrogen-bond acceptors (Lipinski definition) is 3. The van der Waals surface area contributed by atoms with E-state index in [1.165, 1.54) is 0 Å². The molecular weight excluding hydrogens is 326 g/mol. The smallest absolute Gasteiger partial charge is 0.246 e. The zero-order valence-corrected chi connectivity index (χ0v) is 15.5. The number of aryl methyl sites for hydroxylation is 2. The SMILES string of the molecule is Cc1ccc(C)c(NC(=O)C(C)Nc2ccc(N3CCCC3=O)cc2)c1. The standard InChI is InChI=1S/C21H25N3O2/c1-14-6-7-15(2)19(13-14)23-21(26)16(3)22-17-8-10-18(11-9-17)24-12-4-5-20(24)25/h6-11,13,16,22H,4-5,12H2,1-3H3,(H,23,26). The zero-order chi connectivity index (χ0) is 18.7. The largest absolute Gasteiger partial charge is 0.374 e. The second kappa shape index (κ2) is 7.60. The van der Waals surface area contributed by atoms with Gasteiger partial charge in [0.05, 0.1) is 0 Å². The minimum atomic E-state index is -0.380. The van der Waals surface area contributed by atoms with Gasteiger partial charge in [-0.15, -0.1) is 0 Å². The summed E-state index contributed by atoms with van der Waals surface area (Å²) in [6, 6.07) is 13.3. The van der Waals surface area contributed by atoms with Crippen molar-refractivity contribution in [3.8, 4) is 0 Å². The summed E-state index contributed by atoms with van der Waals surface area (Å²) in [4.78, 5) is 26.1. The van der Waals surface area contributed by atoms with E-state index in [0.717, 1.165) is 41.2 Å². The molecule has 5 nitrogen and oxygen atoms in total. The highest BCUT2D eigenvalue weighted by molar-refractivity contribution is 5.97. The van der Waals surface area contributed by atoms with E-state index in [9.17, 15) is 9.59 Å². The fourth-order valence-corrected chi connectivity index (χ4v) is 3.09. The number of carbonyl (C=O) groups is 2. The van der Waals surface area contributed by atoms with E-state index >= 15 is 0 Å². The molecule has 5 heteroatoms. The average molecular weight is 351 g/mol. The Kier molecular flexibility index (Phi) is 5.26. The van der Waals surface area contributed by atoms with Gasteiger partial charge >= 0.3 is 0 Å². The Bertz CT molecular complexity index is 815. The molecular formula is C21H25N3O2. The molecule has 0 radical (unpaired) electrons. The van der Waals surface area contributed by atoms with Crippen LogP contribution in [0.4, 0.5) is 17.1 Å². The first-order valence-corrected chi connectivity index (χ1v) is 8.99. The minimum absolute atomic E-state index is 0.0857. The van der Waals surface area contributed by atoms with Crippen LogP contribution in [0.2, 0.25) is 0 Å². The van der Waals surface area contributed by atoms with Gasteiger partial charge < -0.3 is 15.5 Å².